The normalized spacial score (nSPS) is 12.2. The maximum absolute atomic E-state index is 13.1. The third kappa shape index (κ3) is 5.39. The molecule has 1 N–H and O–H groups in total. The second-order valence-corrected chi connectivity index (χ2v) is 7.85. The van der Waals surface area contributed by atoms with Crippen molar-refractivity contribution >= 4 is 29.1 Å². The smallest absolute Gasteiger partial charge is 0.237 e. The first-order chi connectivity index (χ1) is 14.0. The number of likely N-dealkylation sites (N-methyl/N-ethyl adjacent to an activating group) is 1. The fraction of sp³-hybridized carbons (Fsp3) is 0.208. The van der Waals surface area contributed by atoms with Crippen molar-refractivity contribution in [2.75, 3.05) is 7.05 Å². The number of hydrogen-bond donors (Lipinski definition) is 1. The summed E-state index contributed by atoms with van der Waals surface area (Å²) in [5, 5.41) is 4.25. The molecule has 0 unspecified atom stereocenters. The van der Waals surface area contributed by atoms with Gasteiger partial charge in [0.05, 0.1) is 22.1 Å². The van der Waals surface area contributed by atoms with Gasteiger partial charge in [0.1, 0.15) is 0 Å². The Balaban J connectivity index is 1.76. The van der Waals surface area contributed by atoms with E-state index < -0.39 is 0 Å². The molecule has 1 atom stereocenters. The number of nitrogens with one attached hydrogen (secondary N) is 1. The zero-order chi connectivity index (χ0) is 20.8. The van der Waals surface area contributed by atoms with E-state index in [-0.39, 0.29) is 18.0 Å². The SMILES string of the molecule is C[C@H](C(=O)NC(c1ccccc1)c1ccccc1)N(C)Cc1cccc(Cl)c1Cl. The number of rotatable bonds is 7. The molecule has 0 fully saturated rings. The van der Waals surface area contributed by atoms with Crippen molar-refractivity contribution < 1.29 is 4.79 Å². The van der Waals surface area contributed by atoms with Crippen LogP contribution in [0, 0.1) is 0 Å². The molecule has 0 bridgehead atoms. The van der Waals surface area contributed by atoms with Crippen molar-refractivity contribution in [3.8, 4) is 0 Å². The molecule has 0 aliphatic heterocycles. The van der Waals surface area contributed by atoms with Gasteiger partial charge >= 0.3 is 0 Å². The van der Waals surface area contributed by atoms with E-state index in [1.165, 1.54) is 0 Å². The lowest BCUT2D eigenvalue weighted by Gasteiger charge is -2.27. The van der Waals surface area contributed by atoms with Crippen LogP contribution in [-0.4, -0.2) is 23.9 Å². The van der Waals surface area contributed by atoms with Crippen LogP contribution in [0.15, 0.2) is 78.9 Å². The molecule has 150 valence electrons. The Bertz CT molecular complexity index is 908. The topological polar surface area (TPSA) is 32.3 Å². The summed E-state index contributed by atoms with van der Waals surface area (Å²) >= 11 is 12.4. The van der Waals surface area contributed by atoms with Gasteiger partial charge in [0.15, 0.2) is 0 Å². The van der Waals surface area contributed by atoms with E-state index in [0.29, 0.717) is 16.6 Å². The molecule has 0 saturated heterocycles. The number of carbonyl (C=O) groups excluding carboxylic acids is 1. The largest absolute Gasteiger partial charge is 0.344 e. The Morgan fingerprint density at radius 3 is 2.00 bits per heavy atom. The molecule has 0 heterocycles. The second kappa shape index (κ2) is 9.93. The summed E-state index contributed by atoms with van der Waals surface area (Å²) in [4.78, 5) is 15.0. The average Bonchev–Trinajstić information content (AvgIpc) is 2.75. The highest BCUT2D eigenvalue weighted by molar-refractivity contribution is 6.42. The van der Waals surface area contributed by atoms with Crippen molar-refractivity contribution in [3.63, 3.8) is 0 Å². The van der Waals surface area contributed by atoms with Crippen LogP contribution in [0.4, 0.5) is 0 Å². The van der Waals surface area contributed by atoms with Gasteiger partial charge < -0.3 is 5.32 Å². The first kappa shape index (κ1) is 21.4. The van der Waals surface area contributed by atoms with E-state index in [4.69, 9.17) is 23.2 Å². The molecule has 3 aromatic rings. The zero-order valence-corrected chi connectivity index (χ0v) is 18.0. The van der Waals surface area contributed by atoms with Gasteiger partial charge in [-0.2, -0.15) is 0 Å². The molecule has 0 aliphatic rings. The Labute approximate surface area is 182 Å². The Kier molecular flexibility index (Phi) is 7.32. The second-order valence-electron chi connectivity index (χ2n) is 7.07. The molecule has 3 nitrogen and oxygen atoms in total. The summed E-state index contributed by atoms with van der Waals surface area (Å²) < 4.78 is 0. The van der Waals surface area contributed by atoms with Gasteiger partial charge in [0, 0.05) is 6.54 Å². The van der Waals surface area contributed by atoms with E-state index in [2.05, 4.69) is 5.32 Å². The van der Waals surface area contributed by atoms with E-state index in [9.17, 15) is 4.79 Å². The fourth-order valence-electron chi connectivity index (χ4n) is 3.19. The van der Waals surface area contributed by atoms with Gasteiger partial charge in [-0.05, 0) is 36.7 Å². The average molecular weight is 427 g/mol. The third-order valence-corrected chi connectivity index (χ3v) is 5.90. The van der Waals surface area contributed by atoms with E-state index >= 15 is 0 Å². The Hall–Kier alpha value is -2.33. The molecule has 0 spiro atoms. The van der Waals surface area contributed by atoms with Gasteiger partial charge in [0.2, 0.25) is 5.91 Å². The number of nitrogens with zero attached hydrogens (tertiary/aromatic N) is 1. The number of hydrogen-bond acceptors (Lipinski definition) is 2. The van der Waals surface area contributed by atoms with Gasteiger partial charge in [-0.15, -0.1) is 0 Å². The highest BCUT2D eigenvalue weighted by atomic mass is 35.5. The molecule has 29 heavy (non-hydrogen) atoms. The minimum Gasteiger partial charge on any atom is -0.344 e. The van der Waals surface area contributed by atoms with Crippen LogP contribution in [0.2, 0.25) is 10.0 Å². The lowest BCUT2D eigenvalue weighted by atomic mass is 9.98. The van der Waals surface area contributed by atoms with Crippen LogP contribution in [0.1, 0.15) is 29.7 Å². The van der Waals surface area contributed by atoms with Crippen LogP contribution < -0.4 is 5.32 Å². The minimum absolute atomic E-state index is 0.0524. The standard InChI is InChI=1S/C24H24Cl2N2O/c1-17(28(2)16-20-14-9-15-21(25)22(20)26)24(29)27-23(18-10-5-3-6-11-18)19-12-7-4-8-13-19/h3-15,17,23H,16H2,1-2H3,(H,27,29)/t17-/m1/s1. The molecule has 0 aliphatic carbocycles. The lowest BCUT2D eigenvalue weighted by molar-refractivity contribution is -0.126. The summed E-state index contributed by atoms with van der Waals surface area (Å²) in [5.41, 5.74) is 2.98. The Morgan fingerprint density at radius 1 is 0.897 bits per heavy atom. The van der Waals surface area contributed by atoms with Crippen LogP contribution in [0.5, 0.6) is 0 Å². The van der Waals surface area contributed by atoms with Crippen molar-refractivity contribution in [1.82, 2.24) is 10.2 Å². The maximum Gasteiger partial charge on any atom is 0.237 e. The number of carbonyl (C=O) groups is 1. The molecule has 1 amide bonds. The van der Waals surface area contributed by atoms with Gasteiger partial charge in [-0.25, -0.2) is 0 Å². The van der Waals surface area contributed by atoms with Crippen molar-refractivity contribution in [3.05, 3.63) is 106 Å². The third-order valence-electron chi connectivity index (χ3n) is 5.04. The summed E-state index contributed by atoms with van der Waals surface area (Å²) in [7, 11) is 1.90. The molecule has 3 rings (SSSR count). The fourth-order valence-corrected chi connectivity index (χ4v) is 3.57. The summed E-state index contributed by atoms with van der Waals surface area (Å²) in [6, 6.07) is 25.0. The Morgan fingerprint density at radius 2 is 1.45 bits per heavy atom. The molecule has 0 aromatic heterocycles. The zero-order valence-electron chi connectivity index (χ0n) is 16.5. The summed E-state index contributed by atoms with van der Waals surface area (Å²) in [5.74, 6) is -0.0524. The molecule has 3 aromatic carbocycles. The van der Waals surface area contributed by atoms with Crippen molar-refractivity contribution in [2.45, 2.75) is 25.6 Å². The predicted octanol–water partition coefficient (Wildman–Crippen LogP) is 5.72. The number of halogens is 2. The monoisotopic (exact) mass is 426 g/mol. The molecule has 0 radical (unpaired) electrons. The summed E-state index contributed by atoms with van der Waals surface area (Å²) in [6.45, 7) is 2.41. The number of amides is 1. The first-order valence-electron chi connectivity index (χ1n) is 9.50. The summed E-state index contributed by atoms with van der Waals surface area (Å²) in [6.07, 6.45) is 0. The van der Waals surface area contributed by atoms with Crippen molar-refractivity contribution in [2.24, 2.45) is 0 Å². The molecule has 0 saturated carbocycles. The van der Waals surface area contributed by atoms with Gasteiger partial charge in [-0.1, -0.05) is 96.0 Å². The predicted molar refractivity (Wildman–Crippen MR) is 120 cm³/mol. The molecular formula is C24H24Cl2N2O. The highest BCUT2D eigenvalue weighted by Crippen LogP contribution is 2.27. The van der Waals surface area contributed by atoms with Crippen LogP contribution in [0.3, 0.4) is 0 Å². The van der Waals surface area contributed by atoms with E-state index in [1.807, 2.05) is 91.7 Å². The van der Waals surface area contributed by atoms with Gasteiger partial charge in [0.25, 0.3) is 0 Å². The van der Waals surface area contributed by atoms with Gasteiger partial charge in [-0.3, -0.25) is 9.69 Å². The lowest BCUT2D eigenvalue weighted by Crippen LogP contribution is -2.44. The van der Waals surface area contributed by atoms with Crippen molar-refractivity contribution in [1.29, 1.82) is 0 Å². The van der Waals surface area contributed by atoms with Crippen LogP contribution in [0.25, 0.3) is 0 Å². The molecule has 5 heteroatoms. The maximum atomic E-state index is 13.1. The quantitative estimate of drug-likeness (QED) is 0.523. The number of benzene rings is 3. The highest BCUT2D eigenvalue weighted by Gasteiger charge is 2.23. The van der Waals surface area contributed by atoms with E-state index in [1.54, 1.807) is 6.07 Å². The van der Waals surface area contributed by atoms with Crippen LogP contribution in [-0.2, 0) is 11.3 Å². The molecular weight excluding hydrogens is 403 g/mol. The minimum atomic E-state index is -0.347. The first-order valence-corrected chi connectivity index (χ1v) is 10.3. The van der Waals surface area contributed by atoms with E-state index in [0.717, 1.165) is 16.7 Å². The van der Waals surface area contributed by atoms with Crippen LogP contribution >= 0.6 is 23.2 Å².